The zero-order chi connectivity index (χ0) is 33.6. The molecule has 2 heterocycles. The van der Waals surface area contributed by atoms with Gasteiger partial charge in [-0.3, -0.25) is 11.5 Å². The average Bonchev–Trinajstić information content (AvgIpc) is 3.79. The Labute approximate surface area is 282 Å². The molecule has 2 aromatic heterocycles. The number of ether oxygens (including phenoxy) is 4. The minimum atomic E-state index is -1.33. The van der Waals surface area contributed by atoms with E-state index in [4.69, 9.17) is 30.4 Å². The summed E-state index contributed by atoms with van der Waals surface area (Å²) in [7, 11) is 0. The summed E-state index contributed by atoms with van der Waals surface area (Å²) in [6.45, 7) is 0. The van der Waals surface area contributed by atoms with Gasteiger partial charge in [0.1, 0.15) is 35.3 Å². The van der Waals surface area contributed by atoms with E-state index in [9.17, 15) is 18.4 Å². The molecule has 6 rings (SSSR count). The quantitative estimate of drug-likeness (QED) is 0.0760. The summed E-state index contributed by atoms with van der Waals surface area (Å²) in [5.74, 6) is -2.51. The molecule has 0 radical (unpaired) electrons. The number of esters is 2. The lowest BCUT2D eigenvalue weighted by Crippen LogP contribution is -2.37. The predicted molar refractivity (Wildman–Crippen MR) is 181 cm³/mol. The van der Waals surface area contributed by atoms with Crippen molar-refractivity contribution in [2.45, 2.75) is 37.5 Å². The van der Waals surface area contributed by atoms with Crippen LogP contribution in [0.3, 0.4) is 0 Å². The zero-order valence-electron chi connectivity index (χ0n) is 25.3. The smallest absolute Gasteiger partial charge is 0.419 e. The van der Waals surface area contributed by atoms with Crippen molar-refractivity contribution < 1.29 is 37.3 Å². The largest absolute Gasteiger partial charge is 0.484 e. The van der Waals surface area contributed by atoms with Crippen molar-refractivity contribution in [3.05, 3.63) is 131 Å². The van der Waals surface area contributed by atoms with Crippen LogP contribution in [-0.2, 0) is 19.1 Å². The summed E-state index contributed by atoms with van der Waals surface area (Å²) in [5, 5.41) is 4.39. The van der Waals surface area contributed by atoms with Crippen LogP contribution in [0.2, 0.25) is 0 Å². The number of hydrogen-bond acceptors (Lipinski definition) is 10. The summed E-state index contributed by atoms with van der Waals surface area (Å²) in [5.41, 5.74) is 13.8. The summed E-state index contributed by atoms with van der Waals surface area (Å²) >= 11 is 2.66. The fourth-order valence-corrected chi connectivity index (χ4v) is 6.96. The molecule has 0 aliphatic rings. The number of halogens is 2. The summed E-state index contributed by atoms with van der Waals surface area (Å²) < 4.78 is 52.8. The van der Waals surface area contributed by atoms with E-state index in [0.717, 1.165) is 11.1 Å². The third kappa shape index (κ3) is 7.63. The first-order chi connectivity index (χ1) is 23.3. The van der Waals surface area contributed by atoms with Gasteiger partial charge in [0.25, 0.3) is 0 Å². The van der Waals surface area contributed by atoms with Gasteiger partial charge in [-0.25, -0.2) is 18.4 Å². The van der Waals surface area contributed by atoms with Crippen LogP contribution in [0.4, 0.5) is 8.78 Å². The molecule has 0 fully saturated rings. The van der Waals surface area contributed by atoms with Crippen LogP contribution < -0.4 is 20.9 Å². The van der Waals surface area contributed by atoms with Gasteiger partial charge in [-0.15, -0.1) is 22.7 Å². The van der Waals surface area contributed by atoms with Crippen molar-refractivity contribution >= 4 is 54.8 Å². The van der Waals surface area contributed by atoms with E-state index in [1.54, 1.807) is 22.9 Å². The topological polar surface area (TPSA) is 123 Å². The number of rotatable bonds is 12. The van der Waals surface area contributed by atoms with Crippen LogP contribution in [0.25, 0.3) is 20.2 Å². The Bertz CT molecular complexity index is 1880. The second-order valence-electron chi connectivity index (χ2n) is 10.8. The van der Waals surface area contributed by atoms with Gasteiger partial charge in [-0.1, -0.05) is 60.7 Å². The lowest BCUT2D eigenvalue weighted by Gasteiger charge is -2.24. The van der Waals surface area contributed by atoms with Crippen molar-refractivity contribution in [3.8, 4) is 11.5 Å². The van der Waals surface area contributed by atoms with E-state index >= 15 is 0 Å². The van der Waals surface area contributed by atoms with Crippen molar-refractivity contribution in [1.29, 1.82) is 0 Å². The summed E-state index contributed by atoms with van der Waals surface area (Å²) in [6.07, 6.45) is -3.99. The molecule has 0 saturated carbocycles. The van der Waals surface area contributed by atoms with Gasteiger partial charge in [0.15, 0.2) is 12.5 Å². The SMILES string of the molecule is NC(C[C@H](Oc1ccc(F)c2ccsc12)c1ccccc1)OC(=O)C(=O)OC(N)C[C@H](Oc1ccc(F)c2ccsc12)c1ccccc1. The van der Waals surface area contributed by atoms with Crippen molar-refractivity contribution in [2.75, 3.05) is 0 Å². The van der Waals surface area contributed by atoms with Crippen molar-refractivity contribution in [1.82, 2.24) is 0 Å². The number of carbonyl (C=O) groups is 2. The molecule has 0 aliphatic heterocycles. The van der Waals surface area contributed by atoms with Crippen LogP contribution in [-0.4, -0.2) is 24.4 Å². The van der Waals surface area contributed by atoms with E-state index < -0.39 is 36.6 Å². The second kappa shape index (κ2) is 14.9. The molecule has 4 atom stereocenters. The van der Waals surface area contributed by atoms with Gasteiger partial charge >= 0.3 is 11.9 Å². The number of carbonyl (C=O) groups excluding carboxylic acids is 2. The van der Waals surface area contributed by atoms with Gasteiger partial charge in [0.05, 0.1) is 9.40 Å². The molecule has 8 nitrogen and oxygen atoms in total. The normalized spacial score (nSPS) is 13.8. The molecule has 2 unspecified atom stereocenters. The molecule has 0 aliphatic carbocycles. The fourth-order valence-electron chi connectivity index (χ4n) is 5.23. The van der Waals surface area contributed by atoms with E-state index in [2.05, 4.69) is 0 Å². The first-order valence-corrected chi connectivity index (χ1v) is 16.7. The molecule has 6 aromatic rings. The fraction of sp³-hybridized carbons (Fsp3) is 0.167. The summed E-state index contributed by atoms with van der Waals surface area (Å²) in [4.78, 5) is 25.5. The Balaban J connectivity index is 1.10. The van der Waals surface area contributed by atoms with Gasteiger partial charge < -0.3 is 18.9 Å². The lowest BCUT2D eigenvalue weighted by molar-refractivity contribution is -0.175. The highest BCUT2D eigenvalue weighted by molar-refractivity contribution is 7.17. The third-order valence-electron chi connectivity index (χ3n) is 7.51. The minimum Gasteiger partial charge on any atom is -0.484 e. The molecular formula is C36H30F2N2O6S2. The number of fused-ring (bicyclic) bond motifs is 2. The Morgan fingerprint density at radius 3 is 1.38 bits per heavy atom. The van der Waals surface area contributed by atoms with E-state index in [1.165, 1.54) is 46.9 Å². The van der Waals surface area contributed by atoms with E-state index in [1.807, 2.05) is 60.7 Å². The van der Waals surface area contributed by atoms with Gasteiger partial charge in [0, 0.05) is 23.6 Å². The maximum atomic E-state index is 14.3. The van der Waals surface area contributed by atoms with Crippen LogP contribution in [0.1, 0.15) is 36.2 Å². The minimum absolute atomic E-state index is 0.0296. The first kappa shape index (κ1) is 33.0. The van der Waals surface area contributed by atoms with E-state index in [0.29, 0.717) is 31.7 Å². The highest BCUT2D eigenvalue weighted by Crippen LogP contribution is 2.37. The molecular weight excluding hydrogens is 659 g/mol. The highest BCUT2D eigenvalue weighted by atomic mass is 32.1. The van der Waals surface area contributed by atoms with Crippen LogP contribution >= 0.6 is 22.7 Å². The maximum Gasteiger partial charge on any atom is 0.419 e. The molecule has 0 bridgehead atoms. The molecule has 0 spiro atoms. The van der Waals surface area contributed by atoms with Gasteiger partial charge in [-0.2, -0.15) is 0 Å². The van der Waals surface area contributed by atoms with E-state index in [-0.39, 0.29) is 24.5 Å². The average molecular weight is 689 g/mol. The molecule has 246 valence electrons. The molecule has 48 heavy (non-hydrogen) atoms. The van der Waals surface area contributed by atoms with Crippen LogP contribution in [0, 0.1) is 11.6 Å². The van der Waals surface area contributed by atoms with Crippen LogP contribution in [0.5, 0.6) is 11.5 Å². The first-order valence-electron chi connectivity index (χ1n) is 14.9. The summed E-state index contributed by atoms with van der Waals surface area (Å²) in [6, 6.07) is 27.3. The standard InChI is InChI=1S/C36H30F2N2O6S2/c37-25-11-13-27(33-23(25)15-17-47-33)43-29(21-7-3-1-4-8-21)19-31(39)45-35(41)36(42)46-32(40)20-30(22-9-5-2-6-10-22)44-28-14-12-26(38)24-16-18-48-34(24)28/h1-18,29-32H,19-20,39-40H2/t29-,30-,31?,32?/m0/s1. The molecule has 4 N–H and O–H groups in total. The number of hydrogen-bond donors (Lipinski definition) is 2. The van der Waals surface area contributed by atoms with Gasteiger partial charge in [-0.05, 0) is 58.3 Å². The highest BCUT2D eigenvalue weighted by Gasteiger charge is 2.28. The van der Waals surface area contributed by atoms with Crippen molar-refractivity contribution in [2.24, 2.45) is 11.5 Å². The maximum absolute atomic E-state index is 14.3. The number of benzene rings is 4. The van der Waals surface area contributed by atoms with Crippen molar-refractivity contribution in [3.63, 3.8) is 0 Å². The van der Waals surface area contributed by atoms with Gasteiger partial charge in [0.2, 0.25) is 0 Å². The predicted octanol–water partition coefficient (Wildman–Crippen LogP) is 7.77. The lowest BCUT2D eigenvalue weighted by atomic mass is 10.1. The molecule has 4 aromatic carbocycles. The zero-order valence-corrected chi connectivity index (χ0v) is 26.9. The Morgan fingerprint density at radius 1 is 0.583 bits per heavy atom. The monoisotopic (exact) mass is 688 g/mol. The number of thiophene rings is 2. The Kier molecular flexibility index (Phi) is 10.3. The third-order valence-corrected chi connectivity index (χ3v) is 9.37. The Hall–Kier alpha value is -4.88. The van der Waals surface area contributed by atoms with Crippen LogP contribution in [0.15, 0.2) is 108 Å². The Morgan fingerprint density at radius 2 is 0.979 bits per heavy atom. The second-order valence-corrected chi connectivity index (χ2v) is 12.6. The molecule has 0 saturated heterocycles. The number of nitrogens with two attached hydrogens (primary N) is 2. The molecule has 0 amide bonds. The molecule has 12 heteroatoms.